The predicted molar refractivity (Wildman–Crippen MR) is 116 cm³/mol. The van der Waals surface area contributed by atoms with Crippen molar-refractivity contribution in [1.82, 2.24) is 14.8 Å². The highest BCUT2D eigenvalue weighted by Gasteiger charge is 2.28. The second-order valence-corrected chi connectivity index (χ2v) is 7.64. The first kappa shape index (κ1) is 22.6. The lowest BCUT2D eigenvalue weighted by Gasteiger charge is -2.40. The fraction of sp³-hybridized carbons (Fsp3) is 0.409. The lowest BCUT2D eigenvalue weighted by molar-refractivity contribution is -0.135. The molecule has 1 fully saturated rings. The topological polar surface area (TPSA) is 86.8 Å². The molecular weight excluding hydrogens is 401 g/mol. The van der Waals surface area contributed by atoms with E-state index >= 15 is 0 Å². The van der Waals surface area contributed by atoms with Gasteiger partial charge in [0.15, 0.2) is 0 Å². The zero-order chi connectivity index (χ0) is 22.4. The third-order valence-electron chi connectivity index (χ3n) is 5.18. The fourth-order valence-electron chi connectivity index (χ4n) is 3.66. The second-order valence-electron chi connectivity index (χ2n) is 7.64. The zero-order valence-corrected chi connectivity index (χ0v) is 18.0. The molecule has 166 valence electrons. The van der Waals surface area contributed by atoms with Crippen LogP contribution in [0.2, 0.25) is 0 Å². The summed E-state index contributed by atoms with van der Waals surface area (Å²) in [7, 11) is 1.62. The number of methoxy groups -OCH3 is 1. The van der Waals surface area contributed by atoms with Crippen molar-refractivity contribution in [2.24, 2.45) is 0 Å². The van der Waals surface area contributed by atoms with Gasteiger partial charge in [0.2, 0.25) is 5.91 Å². The number of halogens is 1. The lowest BCUT2D eigenvalue weighted by Crippen LogP contribution is -2.55. The molecule has 9 heteroatoms. The van der Waals surface area contributed by atoms with Gasteiger partial charge in [0.05, 0.1) is 30.2 Å². The molecule has 8 nitrogen and oxygen atoms in total. The van der Waals surface area contributed by atoms with E-state index in [1.165, 1.54) is 6.07 Å². The highest BCUT2D eigenvalue weighted by atomic mass is 19.1. The molecule has 1 aromatic carbocycles. The van der Waals surface area contributed by atoms with E-state index < -0.39 is 11.8 Å². The summed E-state index contributed by atoms with van der Waals surface area (Å²) < 4.78 is 19.5. The molecule has 1 aliphatic rings. The number of aryl methyl sites for hydroxylation is 1. The Morgan fingerprint density at radius 2 is 2.03 bits per heavy atom. The van der Waals surface area contributed by atoms with Gasteiger partial charge in [-0.2, -0.15) is 0 Å². The summed E-state index contributed by atoms with van der Waals surface area (Å²) >= 11 is 0. The number of hydrogen-bond acceptors (Lipinski definition) is 5. The number of rotatable bonds is 6. The van der Waals surface area contributed by atoms with E-state index in [9.17, 15) is 14.0 Å². The summed E-state index contributed by atoms with van der Waals surface area (Å²) in [5, 5.41) is 5.20. The third kappa shape index (κ3) is 6.22. The number of piperazine rings is 1. The normalized spacial score (nSPS) is 16.8. The summed E-state index contributed by atoms with van der Waals surface area (Å²) in [4.78, 5) is 32.2. The molecule has 3 amide bonds. The van der Waals surface area contributed by atoms with E-state index in [1.54, 1.807) is 44.5 Å². The first-order chi connectivity index (χ1) is 14.9. The monoisotopic (exact) mass is 429 g/mol. The number of pyridine rings is 1. The predicted octanol–water partition coefficient (Wildman–Crippen LogP) is 2.85. The summed E-state index contributed by atoms with van der Waals surface area (Å²) in [6, 6.07) is 7.61. The number of hydrogen-bond donors (Lipinski definition) is 2. The molecule has 2 aromatic rings. The average Bonchev–Trinajstić information content (AvgIpc) is 2.72. The van der Waals surface area contributed by atoms with Gasteiger partial charge < -0.3 is 20.3 Å². The zero-order valence-electron chi connectivity index (χ0n) is 18.0. The Morgan fingerprint density at radius 1 is 1.23 bits per heavy atom. The van der Waals surface area contributed by atoms with Crippen molar-refractivity contribution in [3.63, 3.8) is 0 Å². The van der Waals surface area contributed by atoms with Crippen LogP contribution in [0, 0.1) is 12.7 Å². The summed E-state index contributed by atoms with van der Waals surface area (Å²) in [6.07, 6.45) is 1.54. The molecule has 1 atom stereocenters. The van der Waals surface area contributed by atoms with E-state index in [0.717, 1.165) is 11.3 Å². The number of aromatic nitrogens is 1. The highest BCUT2D eigenvalue weighted by molar-refractivity contribution is 5.99. The van der Waals surface area contributed by atoms with Crippen molar-refractivity contribution in [1.29, 1.82) is 0 Å². The minimum Gasteiger partial charge on any atom is -0.382 e. The Morgan fingerprint density at radius 3 is 2.71 bits per heavy atom. The molecule has 0 saturated carbocycles. The number of carbonyl (C=O) groups excluding carboxylic acids is 2. The smallest absolute Gasteiger partial charge is 0.323 e. The number of carbonyl (C=O) groups is 2. The maximum Gasteiger partial charge on any atom is 0.323 e. The number of amides is 3. The second kappa shape index (κ2) is 10.3. The molecule has 0 unspecified atom stereocenters. The van der Waals surface area contributed by atoms with Gasteiger partial charge in [0.25, 0.3) is 0 Å². The summed E-state index contributed by atoms with van der Waals surface area (Å²) in [5.41, 5.74) is 2.32. The van der Waals surface area contributed by atoms with E-state index in [1.807, 2.05) is 11.8 Å². The van der Waals surface area contributed by atoms with E-state index in [4.69, 9.17) is 4.74 Å². The minimum atomic E-state index is -0.545. The number of benzene rings is 1. The quantitative estimate of drug-likeness (QED) is 0.738. The first-order valence-corrected chi connectivity index (χ1v) is 10.1. The number of nitrogens with zero attached hydrogens (tertiary/aromatic N) is 3. The Labute approximate surface area is 181 Å². The lowest BCUT2D eigenvalue weighted by atomic mass is 10.1. The van der Waals surface area contributed by atoms with E-state index in [2.05, 4.69) is 20.5 Å². The van der Waals surface area contributed by atoms with Gasteiger partial charge in [-0.3, -0.25) is 14.7 Å². The molecule has 2 heterocycles. The third-order valence-corrected chi connectivity index (χ3v) is 5.18. The van der Waals surface area contributed by atoms with Crippen LogP contribution in [-0.2, 0) is 16.1 Å². The van der Waals surface area contributed by atoms with Crippen LogP contribution in [0.25, 0.3) is 0 Å². The maximum absolute atomic E-state index is 14.3. The molecule has 0 aliphatic carbocycles. The van der Waals surface area contributed by atoms with Crippen LogP contribution in [0.1, 0.15) is 18.2 Å². The summed E-state index contributed by atoms with van der Waals surface area (Å²) in [6.45, 7) is 6.43. The maximum atomic E-state index is 14.3. The van der Waals surface area contributed by atoms with Crippen LogP contribution >= 0.6 is 0 Å². The SMILES string of the molecule is COC[C@H]1CN(Cc2ccc(F)c(NC(=O)Nc3ccc(C)nc3)c2)CCN1C(C)=O. The fourth-order valence-corrected chi connectivity index (χ4v) is 3.66. The standard InChI is InChI=1S/C22H28FN5O3/c1-15-4-6-18(11-24-15)25-22(30)26-21-10-17(5-7-20(21)23)12-27-8-9-28(16(2)29)19(13-27)14-31-3/h4-7,10-11,19H,8-9,12-14H2,1-3H3,(H2,25,26,30)/t19-/m1/s1. The van der Waals surface area contributed by atoms with Crippen molar-refractivity contribution in [3.05, 3.63) is 53.6 Å². The van der Waals surface area contributed by atoms with Crippen molar-refractivity contribution in [2.75, 3.05) is 44.0 Å². The number of urea groups is 1. The average molecular weight is 429 g/mol. The molecule has 1 aliphatic heterocycles. The van der Waals surface area contributed by atoms with Crippen LogP contribution in [0.4, 0.5) is 20.6 Å². The van der Waals surface area contributed by atoms with Crippen LogP contribution < -0.4 is 10.6 Å². The Hall–Kier alpha value is -3.04. The van der Waals surface area contributed by atoms with Gasteiger partial charge in [-0.1, -0.05) is 6.07 Å². The molecule has 2 N–H and O–H groups in total. The number of nitrogens with one attached hydrogen (secondary N) is 2. The van der Waals surface area contributed by atoms with Crippen LogP contribution in [0.15, 0.2) is 36.5 Å². The van der Waals surface area contributed by atoms with Gasteiger partial charge >= 0.3 is 6.03 Å². The highest BCUT2D eigenvalue weighted by Crippen LogP contribution is 2.20. The molecular formula is C22H28FN5O3. The minimum absolute atomic E-state index is 0.0248. The van der Waals surface area contributed by atoms with E-state index in [-0.39, 0.29) is 17.6 Å². The number of ether oxygens (including phenoxy) is 1. The molecule has 31 heavy (non-hydrogen) atoms. The van der Waals surface area contributed by atoms with Gasteiger partial charge in [0.1, 0.15) is 5.82 Å². The number of anilines is 2. The van der Waals surface area contributed by atoms with Crippen LogP contribution in [-0.4, -0.2) is 66.1 Å². The molecule has 1 saturated heterocycles. The van der Waals surface area contributed by atoms with Crippen LogP contribution in [0.3, 0.4) is 0 Å². The summed E-state index contributed by atoms with van der Waals surface area (Å²) in [5.74, 6) is -0.482. The Bertz CT molecular complexity index is 922. The van der Waals surface area contributed by atoms with Crippen molar-refractivity contribution in [2.45, 2.75) is 26.4 Å². The molecule has 0 bridgehead atoms. The first-order valence-electron chi connectivity index (χ1n) is 10.1. The van der Waals surface area contributed by atoms with Gasteiger partial charge in [-0.05, 0) is 36.8 Å². The van der Waals surface area contributed by atoms with Crippen molar-refractivity contribution >= 4 is 23.3 Å². The van der Waals surface area contributed by atoms with Gasteiger partial charge in [-0.25, -0.2) is 9.18 Å². The van der Waals surface area contributed by atoms with Gasteiger partial charge in [-0.15, -0.1) is 0 Å². The van der Waals surface area contributed by atoms with Gasteiger partial charge in [0, 0.05) is 45.9 Å². The van der Waals surface area contributed by atoms with Crippen LogP contribution in [0.5, 0.6) is 0 Å². The van der Waals surface area contributed by atoms with Crippen molar-refractivity contribution in [3.8, 4) is 0 Å². The molecule has 0 spiro atoms. The molecule has 0 radical (unpaired) electrons. The molecule has 3 rings (SSSR count). The Kier molecular flexibility index (Phi) is 7.54. The van der Waals surface area contributed by atoms with Crippen molar-refractivity contribution < 1.29 is 18.7 Å². The van der Waals surface area contributed by atoms with E-state index in [0.29, 0.717) is 38.5 Å². The Balaban J connectivity index is 1.63. The largest absolute Gasteiger partial charge is 0.382 e. The molecule has 1 aromatic heterocycles.